The molecule has 0 unspecified atom stereocenters. The van der Waals surface area contributed by atoms with Gasteiger partial charge in [-0.1, -0.05) is 30.3 Å². The van der Waals surface area contributed by atoms with E-state index in [1.807, 2.05) is 0 Å². The Morgan fingerprint density at radius 3 is 2.50 bits per heavy atom. The van der Waals surface area contributed by atoms with Crippen LogP contribution in [0.2, 0.25) is 0 Å². The molecule has 0 spiro atoms. The Balaban J connectivity index is 2.33. The van der Waals surface area contributed by atoms with Crippen molar-refractivity contribution in [2.75, 3.05) is 19.6 Å². The Kier molecular flexibility index (Phi) is 4.57. The van der Waals surface area contributed by atoms with Gasteiger partial charge in [0.05, 0.1) is 0 Å². The van der Waals surface area contributed by atoms with Gasteiger partial charge in [-0.25, -0.2) is 0 Å². The summed E-state index contributed by atoms with van der Waals surface area (Å²) in [5.41, 5.74) is 3.85. The zero-order valence-electron chi connectivity index (χ0n) is 11.4. The van der Waals surface area contributed by atoms with Crippen LogP contribution in [0.5, 0.6) is 0 Å². The molecule has 1 aliphatic heterocycles. The van der Waals surface area contributed by atoms with E-state index in [9.17, 15) is 0 Å². The number of hydrogen-bond acceptors (Lipinski definition) is 2. The molecule has 0 N–H and O–H groups in total. The SMILES string of the molecule is CCN(CC)/C(=C\C1=NCCC1)c1ccccc1. The van der Waals surface area contributed by atoms with Crippen molar-refractivity contribution < 1.29 is 0 Å². The summed E-state index contributed by atoms with van der Waals surface area (Å²) in [6, 6.07) is 10.6. The Morgan fingerprint density at radius 1 is 1.22 bits per heavy atom. The molecule has 0 saturated heterocycles. The summed E-state index contributed by atoms with van der Waals surface area (Å²) < 4.78 is 0. The molecule has 2 heteroatoms. The third kappa shape index (κ3) is 3.00. The second-order valence-electron chi connectivity index (χ2n) is 4.54. The highest BCUT2D eigenvalue weighted by Crippen LogP contribution is 2.20. The number of hydrogen-bond donors (Lipinski definition) is 0. The van der Waals surface area contributed by atoms with Crippen molar-refractivity contribution in [2.45, 2.75) is 26.7 Å². The molecule has 2 nitrogen and oxygen atoms in total. The fraction of sp³-hybridized carbons (Fsp3) is 0.438. The van der Waals surface area contributed by atoms with Gasteiger partial charge in [0.2, 0.25) is 0 Å². The van der Waals surface area contributed by atoms with Gasteiger partial charge in [0.25, 0.3) is 0 Å². The van der Waals surface area contributed by atoms with Crippen LogP contribution in [0, 0.1) is 0 Å². The van der Waals surface area contributed by atoms with E-state index in [0.29, 0.717) is 0 Å². The van der Waals surface area contributed by atoms with Crippen molar-refractivity contribution in [1.29, 1.82) is 0 Å². The number of rotatable bonds is 5. The number of benzene rings is 1. The zero-order chi connectivity index (χ0) is 12.8. The summed E-state index contributed by atoms with van der Waals surface area (Å²) in [6.07, 6.45) is 4.60. The van der Waals surface area contributed by atoms with Crippen LogP contribution in [-0.4, -0.2) is 30.2 Å². The molecule has 0 radical (unpaired) electrons. The van der Waals surface area contributed by atoms with Crippen LogP contribution in [-0.2, 0) is 0 Å². The second-order valence-corrected chi connectivity index (χ2v) is 4.54. The van der Waals surface area contributed by atoms with E-state index in [2.05, 4.69) is 60.1 Å². The highest BCUT2D eigenvalue weighted by atomic mass is 15.1. The lowest BCUT2D eigenvalue weighted by molar-refractivity contribution is 0.442. The summed E-state index contributed by atoms with van der Waals surface area (Å²) in [5.74, 6) is 0. The van der Waals surface area contributed by atoms with Gasteiger partial charge in [0.1, 0.15) is 0 Å². The molecule has 0 aromatic heterocycles. The first kappa shape index (κ1) is 12.9. The molecule has 0 aliphatic carbocycles. The van der Waals surface area contributed by atoms with Crippen molar-refractivity contribution in [3.63, 3.8) is 0 Å². The van der Waals surface area contributed by atoms with Gasteiger partial charge in [-0.3, -0.25) is 4.99 Å². The molecular weight excluding hydrogens is 220 g/mol. The van der Waals surface area contributed by atoms with E-state index < -0.39 is 0 Å². The maximum atomic E-state index is 4.57. The van der Waals surface area contributed by atoms with Crippen molar-refractivity contribution >= 4 is 11.4 Å². The van der Waals surface area contributed by atoms with Crippen LogP contribution >= 0.6 is 0 Å². The Hall–Kier alpha value is -1.57. The zero-order valence-corrected chi connectivity index (χ0v) is 11.4. The summed E-state index contributed by atoms with van der Waals surface area (Å²) in [4.78, 5) is 6.96. The van der Waals surface area contributed by atoms with Crippen LogP contribution < -0.4 is 0 Å². The lowest BCUT2D eigenvalue weighted by Gasteiger charge is -2.25. The minimum Gasteiger partial charge on any atom is -0.372 e. The second kappa shape index (κ2) is 6.39. The quantitative estimate of drug-likeness (QED) is 0.770. The Bertz CT molecular complexity index is 428. The van der Waals surface area contributed by atoms with Crippen LogP contribution in [0.1, 0.15) is 32.3 Å². The molecule has 0 amide bonds. The molecule has 0 bridgehead atoms. The highest BCUT2D eigenvalue weighted by molar-refractivity contribution is 6.01. The Labute approximate surface area is 110 Å². The predicted molar refractivity (Wildman–Crippen MR) is 78.9 cm³/mol. The maximum Gasteiger partial charge on any atom is 0.0457 e. The number of aliphatic imine (C=N–C) groups is 1. The fourth-order valence-electron chi connectivity index (χ4n) is 2.37. The molecule has 0 atom stereocenters. The summed E-state index contributed by atoms with van der Waals surface area (Å²) in [6.45, 7) is 7.47. The molecule has 0 saturated carbocycles. The van der Waals surface area contributed by atoms with Crippen molar-refractivity contribution in [2.24, 2.45) is 4.99 Å². The Morgan fingerprint density at radius 2 is 1.94 bits per heavy atom. The molecule has 1 aliphatic rings. The molecule has 1 heterocycles. The fourth-order valence-corrected chi connectivity index (χ4v) is 2.37. The number of nitrogens with zero attached hydrogens (tertiary/aromatic N) is 2. The van der Waals surface area contributed by atoms with Crippen molar-refractivity contribution in [3.8, 4) is 0 Å². The van der Waals surface area contributed by atoms with E-state index in [1.54, 1.807) is 0 Å². The minimum atomic E-state index is 0.992. The molecule has 1 aromatic carbocycles. The van der Waals surface area contributed by atoms with E-state index >= 15 is 0 Å². The summed E-state index contributed by atoms with van der Waals surface area (Å²) in [7, 11) is 0. The van der Waals surface area contributed by atoms with E-state index in [-0.39, 0.29) is 0 Å². The van der Waals surface area contributed by atoms with E-state index in [4.69, 9.17) is 0 Å². The van der Waals surface area contributed by atoms with Crippen molar-refractivity contribution in [3.05, 3.63) is 42.0 Å². The highest BCUT2D eigenvalue weighted by Gasteiger charge is 2.11. The molecule has 2 rings (SSSR count). The van der Waals surface area contributed by atoms with Gasteiger partial charge in [0, 0.05) is 31.0 Å². The largest absolute Gasteiger partial charge is 0.372 e. The first-order valence-corrected chi connectivity index (χ1v) is 6.90. The van der Waals surface area contributed by atoms with Gasteiger partial charge >= 0.3 is 0 Å². The molecule has 18 heavy (non-hydrogen) atoms. The van der Waals surface area contributed by atoms with Crippen molar-refractivity contribution in [1.82, 2.24) is 4.90 Å². The average molecular weight is 242 g/mol. The van der Waals surface area contributed by atoms with Gasteiger partial charge in [-0.2, -0.15) is 0 Å². The predicted octanol–water partition coefficient (Wildman–Crippen LogP) is 3.60. The summed E-state index contributed by atoms with van der Waals surface area (Å²) in [5, 5.41) is 0. The molecular formula is C16H22N2. The third-order valence-electron chi connectivity index (χ3n) is 3.38. The van der Waals surface area contributed by atoms with Crippen LogP contribution in [0.25, 0.3) is 5.70 Å². The molecule has 0 fully saturated rings. The lowest BCUT2D eigenvalue weighted by Crippen LogP contribution is -2.22. The smallest absolute Gasteiger partial charge is 0.0457 e. The normalized spacial score (nSPS) is 15.7. The summed E-state index contributed by atoms with van der Waals surface area (Å²) >= 11 is 0. The monoisotopic (exact) mass is 242 g/mol. The van der Waals surface area contributed by atoms with Gasteiger partial charge in [0.15, 0.2) is 0 Å². The average Bonchev–Trinajstić information content (AvgIpc) is 2.93. The molecule has 96 valence electrons. The van der Waals surface area contributed by atoms with Crippen LogP contribution in [0.3, 0.4) is 0 Å². The van der Waals surface area contributed by atoms with E-state index in [0.717, 1.165) is 26.1 Å². The lowest BCUT2D eigenvalue weighted by atomic mass is 10.1. The maximum absolute atomic E-state index is 4.57. The van der Waals surface area contributed by atoms with Gasteiger partial charge < -0.3 is 4.90 Å². The number of allylic oxidation sites excluding steroid dienone is 1. The standard InChI is InChI=1S/C16H22N2/c1-3-18(4-2)16(13-15-11-8-12-17-15)14-9-6-5-7-10-14/h5-7,9-10,13H,3-4,8,11-12H2,1-2H3/b16-13-. The molecule has 1 aromatic rings. The topological polar surface area (TPSA) is 15.6 Å². The van der Waals surface area contributed by atoms with Crippen LogP contribution in [0.4, 0.5) is 0 Å². The van der Waals surface area contributed by atoms with Gasteiger partial charge in [-0.05, 0) is 38.3 Å². The first-order chi connectivity index (χ1) is 8.85. The first-order valence-electron chi connectivity index (χ1n) is 6.90. The van der Waals surface area contributed by atoms with Crippen LogP contribution in [0.15, 0.2) is 41.4 Å². The minimum absolute atomic E-state index is 0.992. The van der Waals surface area contributed by atoms with Gasteiger partial charge in [-0.15, -0.1) is 0 Å². The van der Waals surface area contributed by atoms with E-state index in [1.165, 1.54) is 23.4 Å². The third-order valence-corrected chi connectivity index (χ3v) is 3.38.